The Balaban J connectivity index is 2.34. The monoisotopic (exact) mass is 221 g/mol. The summed E-state index contributed by atoms with van der Waals surface area (Å²) in [4.78, 5) is 14.7. The lowest BCUT2D eigenvalue weighted by atomic mass is 9.98. The lowest BCUT2D eigenvalue weighted by molar-refractivity contribution is 0.0690. The molecule has 4 heteroatoms. The molecule has 2 rings (SSSR count). The zero-order valence-corrected chi connectivity index (χ0v) is 9.27. The first-order chi connectivity index (χ1) is 7.72. The van der Waals surface area contributed by atoms with Crippen molar-refractivity contribution in [3.63, 3.8) is 0 Å². The van der Waals surface area contributed by atoms with Gasteiger partial charge in [0.15, 0.2) is 5.69 Å². The molecule has 0 saturated heterocycles. The van der Waals surface area contributed by atoms with E-state index in [0.717, 1.165) is 18.4 Å². The van der Waals surface area contributed by atoms with Crippen LogP contribution < -0.4 is 4.74 Å². The largest absolute Gasteiger partial charge is 0.496 e. The SMILES string of the molecule is COc1cc(C(=O)O)ncc1C1CCCC1. The standard InChI is InChI=1S/C12H15NO3/c1-16-11-6-10(12(14)15)13-7-9(11)8-4-2-3-5-8/h6-8H,2-5H2,1H3,(H,14,15). The molecule has 0 atom stereocenters. The van der Waals surface area contributed by atoms with Crippen molar-refractivity contribution in [1.29, 1.82) is 0 Å². The molecule has 1 aromatic rings. The van der Waals surface area contributed by atoms with E-state index in [1.54, 1.807) is 13.3 Å². The number of ether oxygens (including phenoxy) is 1. The molecular weight excluding hydrogens is 206 g/mol. The van der Waals surface area contributed by atoms with Gasteiger partial charge in [-0.1, -0.05) is 12.8 Å². The van der Waals surface area contributed by atoms with Crippen molar-refractivity contribution in [3.8, 4) is 5.75 Å². The molecule has 1 aliphatic rings. The van der Waals surface area contributed by atoms with Crippen LogP contribution in [0.5, 0.6) is 5.75 Å². The Kier molecular flexibility index (Phi) is 3.08. The van der Waals surface area contributed by atoms with Crippen LogP contribution in [0.25, 0.3) is 0 Å². The Hall–Kier alpha value is -1.58. The van der Waals surface area contributed by atoms with Gasteiger partial charge in [0.25, 0.3) is 0 Å². The van der Waals surface area contributed by atoms with Gasteiger partial charge in [-0.2, -0.15) is 0 Å². The van der Waals surface area contributed by atoms with E-state index < -0.39 is 5.97 Å². The molecule has 86 valence electrons. The number of aromatic nitrogens is 1. The summed E-state index contributed by atoms with van der Waals surface area (Å²) in [5.74, 6) is 0.112. The molecule has 1 aliphatic carbocycles. The molecule has 1 aromatic heterocycles. The third-order valence-electron chi connectivity index (χ3n) is 3.13. The first kappa shape index (κ1) is 10.9. The van der Waals surface area contributed by atoms with Crippen molar-refractivity contribution in [2.24, 2.45) is 0 Å². The predicted molar refractivity (Wildman–Crippen MR) is 59.0 cm³/mol. The fourth-order valence-corrected chi connectivity index (χ4v) is 2.28. The van der Waals surface area contributed by atoms with Gasteiger partial charge in [0.05, 0.1) is 7.11 Å². The Morgan fingerprint density at radius 3 is 2.75 bits per heavy atom. The van der Waals surface area contributed by atoms with E-state index in [-0.39, 0.29) is 5.69 Å². The highest BCUT2D eigenvalue weighted by atomic mass is 16.5. The lowest BCUT2D eigenvalue weighted by Gasteiger charge is -2.13. The maximum Gasteiger partial charge on any atom is 0.354 e. The molecule has 0 bridgehead atoms. The van der Waals surface area contributed by atoms with Crippen LogP contribution in [0.15, 0.2) is 12.3 Å². The Bertz CT molecular complexity index is 397. The third kappa shape index (κ3) is 2.01. The summed E-state index contributed by atoms with van der Waals surface area (Å²) in [6, 6.07) is 1.51. The summed E-state index contributed by atoms with van der Waals surface area (Å²) < 4.78 is 5.25. The Morgan fingerprint density at radius 1 is 1.50 bits per heavy atom. The van der Waals surface area contributed by atoms with E-state index in [0.29, 0.717) is 11.7 Å². The molecule has 16 heavy (non-hydrogen) atoms. The maximum absolute atomic E-state index is 10.8. The van der Waals surface area contributed by atoms with E-state index in [1.807, 2.05) is 0 Å². The average Bonchev–Trinajstić information content (AvgIpc) is 2.81. The molecule has 1 heterocycles. The smallest absolute Gasteiger partial charge is 0.354 e. The van der Waals surface area contributed by atoms with Crippen molar-refractivity contribution in [2.75, 3.05) is 7.11 Å². The second-order valence-electron chi connectivity index (χ2n) is 4.10. The van der Waals surface area contributed by atoms with Crippen molar-refractivity contribution < 1.29 is 14.6 Å². The van der Waals surface area contributed by atoms with Gasteiger partial charge >= 0.3 is 5.97 Å². The van der Waals surface area contributed by atoms with Gasteiger partial charge in [0.1, 0.15) is 5.75 Å². The summed E-state index contributed by atoms with van der Waals surface area (Å²) in [6.45, 7) is 0. The second-order valence-corrected chi connectivity index (χ2v) is 4.10. The molecule has 0 amide bonds. The number of methoxy groups -OCH3 is 1. The average molecular weight is 221 g/mol. The number of nitrogens with zero attached hydrogens (tertiary/aromatic N) is 1. The zero-order valence-electron chi connectivity index (χ0n) is 9.27. The van der Waals surface area contributed by atoms with E-state index in [1.165, 1.54) is 18.9 Å². The number of hydrogen-bond donors (Lipinski definition) is 1. The van der Waals surface area contributed by atoms with E-state index in [4.69, 9.17) is 9.84 Å². The first-order valence-corrected chi connectivity index (χ1v) is 5.49. The van der Waals surface area contributed by atoms with Gasteiger partial charge in [-0.25, -0.2) is 9.78 Å². The second kappa shape index (κ2) is 4.51. The number of carboxylic acid groups (broad SMARTS) is 1. The minimum atomic E-state index is -1.02. The van der Waals surface area contributed by atoms with E-state index >= 15 is 0 Å². The highest BCUT2D eigenvalue weighted by Crippen LogP contribution is 2.38. The molecule has 0 spiro atoms. The number of carbonyl (C=O) groups is 1. The molecule has 4 nitrogen and oxygen atoms in total. The normalized spacial score (nSPS) is 16.3. The van der Waals surface area contributed by atoms with Crippen LogP contribution >= 0.6 is 0 Å². The topological polar surface area (TPSA) is 59.4 Å². The Morgan fingerprint density at radius 2 is 2.19 bits per heavy atom. The molecule has 0 aromatic carbocycles. The van der Waals surface area contributed by atoms with E-state index in [2.05, 4.69) is 4.98 Å². The van der Waals surface area contributed by atoms with Crippen LogP contribution in [0.4, 0.5) is 0 Å². The minimum absolute atomic E-state index is 0.0404. The van der Waals surface area contributed by atoms with Crippen LogP contribution in [0, 0.1) is 0 Å². The highest BCUT2D eigenvalue weighted by molar-refractivity contribution is 5.85. The molecular formula is C12H15NO3. The summed E-state index contributed by atoms with van der Waals surface area (Å²) in [7, 11) is 1.57. The quantitative estimate of drug-likeness (QED) is 0.851. The molecule has 0 unspecified atom stereocenters. The fraction of sp³-hybridized carbons (Fsp3) is 0.500. The number of hydrogen-bond acceptors (Lipinski definition) is 3. The van der Waals surface area contributed by atoms with Gasteiger partial charge in [-0.15, -0.1) is 0 Å². The number of pyridine rings is 1. The summed E-state index contributed by atoms with van der Waals surface area (Å²) in [5, 5.41) is 8.84. The number of rotatable bonds is 3. The van der Waals surface area contributed by atoms with Crippen LogP contribution in [0.3, 0.4) is 0 Å². The van der Waals surface area contributed by atoms with Crippen molar-refractivity contribution in [3.05, 3.63) is 23.5 Å². The van der Waals surface area contributed by atoms with Crippen LogP contribution in [0.2, 0.25) is 0 Å². The van der Waals surface area contributed by atoms with Crippen LogP contribution in [-0.4, -0.2) is 23.2 Å². The molecule has 0 aliphatic heterocycles. The molecule has 1 N–H and O–H groups in total. The van der Waals surface area contributed by atoms with Gasteiger partial charge in [-0.05, 0) is 18.8 Å². The lowest BCUT2D eigenvalue weighted by Crippen LogP contribution is -2.04. The summed E-state index contributed by atoms with van der Waals surface area (Å²) in [6.07, 6.45) is 6.40. The Labute approximate surface area is 94.3 Å². The minimum Gasteiger partial charge on any atom is -0.496 e. The number of aromatic carboxylic acids is 1. The van der Waals surface area contributed by atoms with Gasteiger partial charge in [-0.3, -0.25) is 0 Å². The molecule has 1 saturated carbocycles. The van der Waals surface area contributed by atoms with E-state index in [9.17, 15) is 4.79 Å². The van der Waals surface area contributed by atoms with Crippen LogP contribution in [-0.2, 0) is 0 Å². The highest BCUT2D eigenvalue weighted by Gasteiger charge is 2.22. The van der Waals surface area contributed by atoms with Gasteiger partial charge < -0.3 is 9.84 Å². The molecule has 0 radical (unpaired) electrons. The fourth-order valence-electron chi connectivity index (χ4n) is 2.28. The third-order valence-corrected chi connectivity index (χ3v) is 3.13. The maximum atomic E-state index is 10.8. The van der Waals surface area contributed by atoms with Gasteiger partial charge in [0, 0.05) is 17.8 Å². The van der Waals surface area contributed by atoms with Crippen molar-refractivity contribution in [2.45, 2.75) is 31.6 Å². The summed E-state index contributed by atoms with van der Waals surface area (Å²) >= 11 is 0. The van der Waals surface area contributed by atoms with Crippen LogP contribution in [0.1, 0.15) is 47.7 Å². The van der Waals surface area contributed by atoms with Crippen molar-refractivity contribution >= 4 is 5.97 Å². The molecule has 1 fully saturated rings. The van der Waals surface area contributed by atoms with Crippen molar-refractivity contribution in [1.82, 2.24) is 4.98 Å². The summed E-state index contributed by atoms with van der Waals surface area (Å²) in [5.41, 5.74) is 1.09. The number of carboxylic acids is 1. The predicted octanol–water partition coefficient (Wildman–Crippen LogP) is 2.45. The van der Waals surface area contributed by atoms with Gasteiger partial charge in [0.2, 0.25) is 0 Å². The zero-order chi connectivity index (χ0) is 11.5. The first-order valence-electron chi connectivity index (χ1n) is 5.49.